The molecule has 0 unspecified atom stereocenters. The molecule has 1 aliphatic rings. The van der Waals surface area contributed by atoms with Crippen molar-refractivity contribution in [1.29, 1.82) is 0 Å². The molecule has 3 aromatic carbocycles. The van der Waals surface area contributed by atoms with Gasteiger partial charge in [-0.05, 0) is 41.8 Å². The molecule has 1 N–H and O–H groups in total. The first-order chi connectivity index (χ1) is 14.5. The number of fused-ring (bicyclic) bond motifs is 1. The van der Waals surface area contributed by atoms with E-state index < -0.39 is 5.54 Å². The minimum atomic E-state index is -1.06. The van der Waals surface area contributed by atoms with Crippen LogP contribution in [0.1, 0.15) is 34.0 Å². The zero-order valence-corrected chi connectivity index (χ0v) is 16.8. The summed E-state index contributed by atoms with van der Waals surface area (Å²) in [6.45, 7) is 2.41. The first-order valence-electron chi connectivity index (χ1n) is 9.94. The Bertz CT molecular complexity index is 1070. The zero-order chi connectivity index (χ0) is 21.1. The van der Waals surface area contributed by atoms with Gasteiger partial charge in [-0.25, -0.2) is 4.39 Å². The number of nitrogens with zero attached hydrogens (tertiary/aromatic N) is 1. The fourth-order valence-electron chi connectivity index (χ4n) is 3.91. The van der Waals surface area contributed by atoms with Crippen LogP contribution in [0.3, 0.4) is 0 Å². The number of benzene rings is 3. The van der Waals surface area contributed by atoms with Gasteiger partial charge < -0.3 is 10.2 Å². The van der Waals surface area contributed by atoms with Crippen LogP contribution in [0.25, 0.3) is 0 Å². The highest BCUT2D eigenvalue weighted by molar-refractivity contribution is 6.02. The maximum atomic E-state index is 13.4. The van der Waals surface area contributed by atoms with E-state index in [9.17, 15) is 14.0 Å². The second kappa shape index (κ2) is 8.11. The Balaban J connectivity index is 1.65. The van der Waals surface area contributed by atoms with E-state index in [1.54, 1.807) is 30.0 Å². The van der Waals surface area contributed by atoms with E-state index in [0.717, 1.165) is 16.7 Å². The van der Waals surface area contributed by atoms with Gasteiger partial charge in [-0.1, -0.05) is 60.7 Å². The number of halogens is 1. The van der Waals surface area contributed by atoms with Gasteiger partial charge in [0.25, 0.3) is 5.91 Å². The molecule has 152 valence electrons. The summed E-state index contributed by atoms with van der Waals surface area (Å²) in [5.74, 6) is -0.743. The van der Waals surface area contributed by atoms with Gasteiger partial charge in [0.1, 0.15) is 11.4 Å². The number of nitrogens with one attached hydrogen (secondary N) is 1. The zero-order valence-electron chi connectivity index (χ0n) is 16.8. The molecule has 5 heteroatoms. The van der Waals surface area contributed by atoms with Gasteiger partial charge in [-0.2, -0.15) is 0 Å². The molecule has 0 bridgehead atoms. The third-order valence-electron chi connectivity index (χ3n) is 5.66. The van der Waals surface area contributed by atoms with Gasteiger partial charge >= 0.3 is 0 Å². The second-order valence-electron chi connectivity index (χ2n) is 7.79. The Kier molecular flexibility index (Phi) is 5.36. The molecule has 30 heavy (non-hydrogen) atoms. The van der Waals surface area contributed by atoms with Gasteiger partial charge in [0.05, 0.1) is 0 Å². The Morgan fingerprint density at radius 2 is 1.63 bits per heavy atom. The smallest absolute Gasteiger partial charge is 0.255 e. The molecule has 1 heterocycles. The molecular weight excluding hydrogens is 379 g/mol. The van der Waals surface area contributed by atoms with E-state index in [2.05, 4.69) is 5.32 Å². The molecule has 1 aliphatic heterocycles. The summed E-state index contributed by atoms with van der Waals surface area (Å²) in [6.07, 6.45) is 0.413. The van der Waals surface area contributed by atoms with E-state index in [1.165, 1.54) is 12.1 Å². The van der Waals surface area contributed by atoms with Crippen LogP contribution in [0.2, 0.25) is 0 Å². The van der Waals surface area contributed by atoms with E-state index in [-0.39, 0.29) is 24.2 Å². The molecule has 0 saturated carbocycles. The summed E-state index contributed by atoms with van der Waals surface area (Å²) in [4.78, 5) is 28.3. The summed E-state index contributed by atoms with van der Waals surface area (Å²) in [5, 5.41) is 2.99. The van der Waals surface area contributed by atoms with E-state index in [1.807, 2.05) is 48.5 Å². The fraction of sp³-hybridized carbons (Fsp3) is 0.200. The van der Waals surface area contributed by atoms with Gasteiger partial charge in [-0.15, -0.1) is 0 Å². The normalized spacial score (nSPS) is 18.1. The third kappa shape index (κ3) is 3.83. The lowest BCUT2D eigenvalue weighted by Crippen LogP contribution is -2.62. The van der Waals surface area contributed by atoms with Crippen LogP contribution in [0.15, 0.2) is 78.9 Å². The molecule has 4 nitrogen and oxygen atoms in total. The SMILES string of the molecule is C[C@@]1(C(=O)NCc2ccccc2)Cc2ccccc2C(=O)N1Cc1ccc(F)cc1. The number of amides is 2. The van der Waals surface area contributed by atoms with Crippen molar-refractivity contribution in [2.75, 3.05) is 0 Å². The maximum Gasteiger partial charge on any atom is 0.255 e. The summed E-state index contributed by atoms with van der Waals surface area (Å²) in [7, 11) is 0. The van der Waals surface area contributed by atoms with Gasteiger partial charge in [0, 0.05) is 25.1 Å². The van der Waals surface area contributed by atoms with Crippen molar-refractivity contribution in [3.8, 4) is 0 Å². The van der Waals surface area contributed by atoms with E-state index in [0.29, 0.717) is 18.5 Å². The molecule has 4 rings (SSSR count). The lowest BCUT2D eigenvalue weighted by atomic mass is 9.82. The van der Waals surface area contributed by atoms with Gasteiger partial charge in [0.2, 0.25) is 5.91 Å². The van der Waals surface area contributed by atoms with Crippen molar-refractivity contribution in [3.05, 3.63) is 107 Å². The Morgan fingerprint density at radius 3 is 2.37 bits per heavy atom. The largest absolute Gasteiger partial charge is 0.350 e. The molecule has 0 aliphatic carbocycles. The topological polar surface area (TPSA) is 49.4 Å². The number of hydrogen-bond acceptors (Lipinski definition) is 2. The molecule has 3 aromatic rings. The number of carbonyl (C=O) groups is 2. The predicted molar refractivity (Wildman–Crippen MR) is 113 cm³/mol. The van der Waals surface area contributed by atoms with Crippen molar-refractivity contribution >= 4 is 11.8 Å². The Hall–Kier alpha value is -3.47. The summed E-state index contributed by atoms with van der Waals surface area (Å²) in [6, 6.07) is 23.1. The summed E-state index contributed by atoms with van der Waals surface area (Å²) in [5.41, 5.74) is 2.16. The van der Waals surface area contributed by atoms with Crippen LogP contribution < -0.4 is 5.32 Å². The standard InChI is InChI=1S/C25H23FN2O2/c1-25(24(30)27-16-18-7-3-2-4-8-18)15-20-9-5-6-10-22(20)23(29)28(25)17-19-11-13-21(26)14-12-19/h2-14H,15-17H2,1H3,(H,27,30)/t25-/m0/s1. The van der Waals surface area contributed by atoms with Crippen molar-refractivity contribution in [3.63, 3.8) is 0 Å². The second-order valence-corrected chi connectivity index (χ2v) is 7.79. The number of hydrogen-bond donors (Lipinski definition) is 1. The van der Waals surface area contributed by atoms with Gasteiger partial charge in [0.15, 0.2) is 0 Å². The molecule has 2 amide bonds. The average molecular weight is 402 g/mol. The first kappa shape index (κ1) is 19.8. The molecule has 0 aromatic heterocycles. The van der Waals surface area contributed by atoms with E-state index >= 15 is 0 Å². The lowest BCUT2D eigenvalue weighted by molar-refractivity contribution is -0.132. The Labute approximate surface area is 175 Å². The van der Waals surface area contributed by atoms with Crippen molar-refractivity contribution in [2.24, 2.45) is 0 Å². The lowest BCUT2D eigenvalue weighted by Gasteiger charge is -2.44. The molecular formula is C25H23FN2O2. The first-order valence-corrected chi connectivity index (χ1v) is 9.94. The molecule has 0 radical (unpaired) electrons. The highest BCUT2D eigenvalue weighted by atomic mass is 19.1. The average Bonchev–Trinajstić information content (AvgIpc) is 2.77. The number of carbonyl (C=O) groups excluding carboxylic acids is 2. The maximum absolute atomic E-state index is 13.4. The molecule has 1 atom stereocenters. The quantitative estimate of drug-likeness (QED) is 0.699. The van der Waals surface area contributed by atoms with Crippen molar-refractivity contribution < 1.29 is 14.0 Å². The van der Waals surface area contributed by atoms with Crippen LogP contribution in [-0.4, -0.2) is 22.3 Å². The van der Waals surface area contributed by atoms with Crippen LogP contribution in [-0.2, 0) is 24.3 Å². The van der Waals surface area contributed by atoms with Crippen LogP contribution in [0.4, 0.5) is 4.39 Å². The van der Waals surface area contributed by atoms with Crippen LogP contribution in [0.5, 0.6) is 0 Å². The fourth-order valence-corrected chi connectivity index (χ4v) is 3.91. The minimum absolute atomic E-state index is 0.196. The monoisotopic (exact) mass is 402 g/mol. The Morgan fingerprint density at radius 1 is 0.967 bits per heavy atom. The number of rotatable bonds is 5. The van der Waals surface area contributed by atoms with Gasteiger partial charge in [-0.3, -0.25) is 9.59 Å². The molecule has 0 saturated heterocycles. The van der Waals surface area contributed by atoms with Crippen LogP contribution in [0, 0.1) is 5.82 Å². The van der Waals surface area contributed by atoms with Crippen molar-refractivity contribution in [2.45, 2.75) is 32.0 Å². The van der Waals surface area contributed by atoms with Crippen LogP contribution >= 0.6 is 0 Å². The summed E-state index contributed by atoms with van der Waals surface area (Å²) >= 11 is 0. The minimum Gasteiger partial charge on any atom is -0.350 e. The third-order valence-corrected chi connectivity index (χ3v) is 5.66. The van der Waals surface area contributed by atoms with E-state index in [4.69, 9.17) is 0 Å². The molecule has 0 fully saturated rings. The predicted octanol–water partition coefficient (Wildman–Crippen LogP) is 4.10. The summed E-state index contributed by atoms with van der Waals surface area (Å²) < 4.78 is 13.3. The highest BCUT2D eigenvalue weighted by Gasteiger charge is 2.46. The highest BCUT2D eigenvalue weighted by Crippen LogP contribution is 2.33. The van der Waals surface area contributed by atoms with Crippen molar-refractivity contribution in [1.82, 2.24) is 10.2 Å². The molecule has 0 spiro atoms.